The number of carbonyl (C=O) groups is 2. The Morgan fingerprint density at radius 1 is 1.29 bits per heavy atom. The van der Waals surface area contributed by atoms with Crippen LogP contribution in [0.15, 0.2) is 22.7 Å². The van der Waals surface area contributed by atoms with E-state index in [1.54, 1.807) is 0 Å². The maximum atomic E-state index is 13.1. The molecule has 4 nitrogen and oxygen atoms in total. The highest BCUT2D eigenvalue weighted by molar-refractivity contribution is 9.10. The summed E-state index contributed by atoms with van der Waals surface area (Å²) in [6.45, 7) is 2.03. The van der Waals surface area contributed by atoms with Crippen molar-refractivity contribution < 1.29 is 14.0 Å². The van der Waals surface area contributed by atoms with Crippen LogP contribution in [0.2, 0.25) is 0 Å². The standard InChI is InChI=1S/C11H12BrFN2O2/c1-7(16)14-5-6-15-11(17)8-3-2-4-9(13)10(8)12/h2-4H,5-6H2,1H3,(H,14,16)(H,15,17). The highest BCUT2D eigenvalue weighted by Gasteiger charge is 2.12. The smallest absolute Gasteiger partial charge is 0.252 e. The molecule has 0 aliphatic heterocycles. The molecule has 2 amide bonds. The van der Waals surface area contributed by atoms with Crippen LogP contribution in [0, 0.1) is 5.82 Å². The average molecular weight is 303 g/mol. The van der Waals surface area contributed by atoms with Gasteiger partial charge in [-0.3, -0.25) is 9.59 Å². The van der Waals surface area contributed by atoms with E-state index in [2.05, 4.69) is 26.6 Å². The first-order valence-corrected chi connectivity index (χ1v) is 5.78. The summed E-state index contributed by atoms with van der Waals surface area (Å²) in [6, 6.07) is 4.24. The van der Waals surface area contributed by atoms with Gasteiger partial charge in [0.1, 0.15) is 5.82 Å². The monoisotopic (exact) mass is 302 g/mol. The van der Waals surface area contributed by atoms with Crippen LogP contribution in [0.1, 0.15) is 17.3 Å². The molecular formula is C11H12BrFN2O2. The fourth-order valence-electron chi connectivity index (χ4n) is 1.19. The van der Waals surface area contributed by atoms with E-state index >= 15 is 0 Å². The van der Waals surface area contributed by atoms with Gasteiger partial charge in [0.15, 0.2) is 0 Å². The Bertz CT molecular complexity index is 437. The molecule has 0 unspecified atom stereocenters. The largest absolute Gasteiger partial charge is 0.355 e. The highest BCUT2D eigenvalue weighted by Crippen LogP contribution is 2.19. The third kappa shape index (κ3) is 4.14. The summed E-state index contributed by atoms with van der Waals surface area (Å²) < 4.78 is 13.3. The first-order valence-electron chi connectivity index (χ1n) is 4.99. The van der Waals surface area contributed by atoms with Crippen molar-refractivity contribution in [2.24, 2.45) is 0 Å². The van der Waals surface area contributed by atoms with Crippen LogP contribution in [0.3, 0.4) is 0 Å². The van der Waals surface area contributed by atoms with Crippen LogP contribution < -0.4 is 10.6 Å². The Labute approximate surface area is 107 Å². The van der Waals surface area contributed by atoms with Crippen LogP contribution in [-0.4, -0.2) is 24.9 Å². The zero-order valence-electron chi connectivity index (χ0n) is 9.22. The second-order valence-electron chi connectivity index (χ2n) is 3.34. The molecule has 0 spiro atoms. The molecule has 0 saturated carbocycles. The molecule has 0 aromatic heterocycles. The maximum absolute atomic E-state index is 13.1. The molecule has 0 aliphatic rings. The summed E-state index contributed by atoms with van der Waals surface area (Å²) in [5.41, 5.74) is 0.229. The van der Waals surface area contributed by atoms with E-state index in [-0.39, 0.29) is 21.9 Å². The lowest BCUT2D eigenvalue weighted by atomic mass is 10.2. The van der Waals surface area contributed by atoms with Gasteiger partial charge in [-0.05, 0) is 28.1 Å². The molecule has 0 saturated heterocycles. The molecule has 1 aromatic carbocycles. The van der Waals surface area contributed by atoms with Crippen molar-refractivity contribution >= 4 is 27.7 Å². The number of rotatable bonds is 4. The van der Waals surface area contributed by atoms with Gasteiger partial charge in [0.05, 0.1) is 10.0 Å². The molecule has 1 rings (SSSR count). The third-order valence-corrected chi connectivity index (χ3v) is 2.79. The van der Waals surface area contributed by atoms with Gasteiger partial charge >= 0.3 is 0 Å². The van der Waals surface area contributed by atoms with Crippen molar-refractivity contribution in [2.75, 3.05) is 13.1 Å². The fourth-order valence-corrected chi connectivity index (χ4v) is 1.63. The summed E-state index contributed by atoms with van der Waals surface area (Å²) in [5.74, 6) is -1.03. The maximum Gasteiger partial charge on any atom is 0.252 e. The lowest BCUT2D eigenvalue weighted by Crippen LogP contribution is -2.33. The summed E-state index contributed by atoms with van der Waals surface area (Å²) in [5, 5.41) is 5.11. The molecule has 17 heavy (non-hydrogen) atoms. The van der Waals surface area contributed by atoms with E-state index < -0.39 is 5.82 Å². The van der Waals surface area contributed by atoms with E-state index in [9.17, 15) is 14.0 Å². The first-order chi connectivity index (χ1) is 8.02. The Morgan fingerprint density at radius 2 is 1.94 bits per heavy atom. The highest BCUT2D eigenvalue weighted by atomic mass is 79.9. The molecule has 0 atom stereocenters. The van der Waals surface area contributed by atoms with E-state index in [4.69, 9.17) is 0 Å². The van der Waals surface area contributed by atoms with E-state index in [0.29, 0.717) is 13.1 Å². The van der Waals surface area contributed by atoms with Crippen molar-refractivity contribution in [3.8, 4) is 0 Å². The van der Waals surface area contributed by atoms with E-state index in [1.165, 1.54) is 25.1 Å². The van der Waals surface area contributed by atoms with Gasteiger partial charge in [0, 0.05) is 20.0 Å². The Hall–Kier alpha value is -1.43. The first kappa shape index (κ1) is 13.6. The number of carbonyl (C=O) groups excluding carboxylic acids is 2. The number of amides is 2. The number of halogens is 2. The minimum atomic E-state index is -0.487. The van der Waals surface area contributed by atoms with Crippen LogP contribution in [-0.2, 0) is 4.79 Å². The molecule has 0 radical (unpaired) electrons. The van der Waals surface area contributed by atoms with Crippen molar-refractivity contribution in [1.82, 2.24) is 10.6 Å². The van der Waals surface area contributed by atoms with Gasteiger partial charge in [-0.2, -0.15) is 0 Å². The summed E-state index contributed by atoms with van der Waals surface area (Å²) >= 11 is 3.01. The lowest BCUT2D eigenvalue weighted by molar-refractivity contribution is -0.118. The van der Waals surface area contributed by atoms with Crippen molar-refractivity contribution in [3.05, 3.63) is 34.1 Å². The number of hydrogen-bond donors (Lipinski definition) is 2. The SMILES string of the molecule is CC(=O)NCCNC(=O)c1cccc(F)c1Br. The van der Waals surface area contributed by atoms with Gasteiger partial charge in [0.25, 0.3) is 5.91 Å². The Balaban J connectivity index is 2.53. The van der Waals surface area contributed by atoms with Gasteiger partial charge in [-0.25, -0.2) is 4.39 Å². The normalized spacial score (nSPS) is 9.82. The van der Waals surface area contributed by atoms with Crippen LogP contribution in [0.5, 0.6) is 0 Å². The molecule has 6 heteroatoms. The van der Waals surface area contributed by atoms with Crippen molar-refractivity contribution in [3.63, 3.8) is 0 Å². The summed E-state index contributed by atoms with van der Waals surface area (Å²) in [4.78, 5) is 22.2. The molecule has 92 valence electrons. The van der Waals surface area contributed by atoms with Gasteiger partial charge in [0.2, 0.25) is 5.91 Å². The van der Waals surface area contributed by atoms with Gasteiger partial charge < -0.3 is 10.6 Å². The average Bonchev–Trinajstić information content (AvgIpc) is 2.27. The zero-order chi connectivity index (χ0) is 12.8. The minimum absolute atomic E-state index is 0.136. The van der Waals surface area contributed by atoms with Gasteiger partial charge in [-0.15, -0.1) is 0 Å². The molecule has 2 N–H and O–H groups in total. The quantitative estimate of drug-likeness (QED) is 0.827. The Morgan fingerprint density at radius 3 is 2.59 bits per heavy atom. The molecular weight excluding hydrogens is 291 g/mol. The van der Waals surface area contributed by atoms with Gasteiger partial charge in [-0.1, -0.05) is 6.07 Å². The molecule has 0 fully saturated rings. The van der Waals surface area contributed by atoms with Crippen LogP contribution in [0.4, 0.5) is 4.39 Å². The third-order valence-electron chi connectivity index (χ3n) is 1.98. The second-order valence-corrected chi connectivity index (χ2v) is 4.13. The lowest BCUT2D eigenvalue weighted by Gasteiger charge is -2.07. The predicted molar refractivity (Wildman–Crippen MR) is 65.1 cm³/mol. The number of hydrogen-bond acceptors (Lipinski definition) is 2. The second kappa shape index (κ2) is 6.34. The zero-order valence-corrected chi connectivity index (χ0v) is 10.8. The molecule has 0 bridgehead atoms. The van der Waals surface area contributed by atoms with E-state index in [0.717, 1.165) is 0 Å². The number of nitrogens with one attached hydrogen (secondary N) is 2. The van der Waals surface area contributed by atoms with Crippen molar-refractivity contribution in [2.45, 2.75) is 6.92 Å². The topological polar surface area (TPSA) is 58.2 Å². The molecule has 1 aromatic rings. The molecule has 0 aliphatic carbocycles. The summed E-state index contributed by atoms with van der Waals surface area (Å²) in [7, 11) is 0. The Kier molecular flexibility index (Phi) is 5.09. The molecule has 0 heterocycles. The van der Waals surface area contributed by atoms with Crippen LogP contribution in [0.25, 0.3) is 0 Å². The predicted octanol–water partition coefficient (Wildman–Crippen LogP) is 1.45. The fraction of sp³-hybridized carbons (Fsp3) is 0.273. The van der Waals surface area contributed by atoms with Crippen LogP contribution >= 0.6 is 15.9 Å². The van der Waals surface area contributed by atoms with Crippen molar-refractivity contribution in [1.29, 1.82) is 0 Å². The summed E-state index contributed by atoms with van der Waals surface area (Å²) in [6.07, 6.45) is 0. The minimum Gasteiger partial charge on any atom is -0.355 e. The number of benzene rings is 1. The van der Waals surface area contributed by atoms with E-state index in [1.807, 2.05) is 0 Å².